The maximum atomic E-state index is 13.6. The van der Waals surface area contributed by atoms with E-state index in [0.29, 0.717) is 6.07 Å². The van der Waals surface area contributed by atoms with Crippen molar-refractivity contribution in [3.05, 3.63) is 62.3 Å². The van der Waals surface area contributed by atoms with Gasteiger partial charge in [-0.05, 0) is 46.3 Å². The molecule has 0 bridgehead atoms. The molecular formula is C15H7BrClF4N3O. The maximum Gasteiger partial charge on any atom is 0.418 e. The van der Waals surface area contributed by atoms with Crippen LogP contribution < -0.4 is 10.9 Å². The monoisotopic (exact) mass is 435 g/mol. The van der Waals surface area contributed by atoms with Gasteiger partial charge in [-0.1, -0.05) is 11.6 Å². The summed E-state index contributed by atoms with van der Waals surface area (Å²) in [5.74, 6) is -1.70. The Hall–Kier alpha value is -2.31. The molecule has 0 radical (unpaired) electrons. The Balaban J connectivity index is 2.24. The van der Waals surface area contributed by atoms with E-state index < -0.39 is 29.2 Å². The first-order valence-electron chi connectivity index (χ1n) is 6.45. The third kappa shape index (κ3) is 4.41. The molecular weight excluding hydrogens is 430 g/mol. The number of hydrogen-bond acceptors (Lipinski definition) is 3. The summed E-state index contributed by atoms with van der Waals surface area (Å²) in [6.45, 7) is 0. The zero-order valence-electron chi connectivity index (χ0n) is 12.0. The van der Waals surface area contributed by atoms with Crippen molar-refractivity contribution in [3.8, 4) is 6.07 Å². The number of benzene rings is 2. The number of amides is 1. The highest BCUT2D eigenvalue weighted by Gasteiger charge is 2.34. The summed E-state index contributed by atoms with van der Waals surface area (Å²) in [6, 6.07) is 6.41. The van der Waals surface area contributed by atoms with Crippen molar-refractivity contribution in [1.29, 1.82) is 5.26 Å². The number of anilines is 1. The normalized spacial score (nSPS) is 10.9. The molecule has 0 aliphatic rings. The van der Waals surface area contributed by atoms with Gasteiger partial charge in [-0.25, -0.2) is 4.39 Å². The smallest absolute Gasteiger partial charge is 0.298 e. The molecule has 4 nitrogen and oxygen atoms in total. The lowest BCUT2D eigenvalue weighted by atomic mass is 10.1. The van der Waals surface area contributed by atoms with Crippen LogP contribution in [0.1, 0.15) is 21.5 Å². The van der Waals surface area contributed by atoms with Gasteiger partial charge in [0.2, 0.25) is 0 Å². The SMILES string of the molecule is N#Cc1ccc(NNC(=O)c2cc(F)c(Br)c(Cl)c2)c(C(F)(F)F)c1. The highest BCUT2D eigenvalue weighted by Crippen LogP contribution is 2.35. The number of hydrogen-bond donors (Lipinski definition) is 2. The van der Waals surface area contributed by atoms with Crippen molar-refractivity contribution in [1.82, 2.24) is 5.43 Å². The molecule has 0 aliphatic carbocycles. The van der Waals surface area contributed by atoms with Crippen molar-refractivity contribution in [2.75, 3.05) is 5.43 Å². The fourth-order valence-electron chi connectivity index (χ4n) is 1.84. The number of rotatable bonds is 3. The first-order valence-corrected chi connectivity index (χ1v) is 7.63. The first kappa shape index (κ1) is 19.0. The predicted octanol–water partition coefficient (Wildman–Crippen LogP) is 4.89. The average molecular weight is 437 g/mol. The molecule has 130 valence electrons. The van der Waals surface area contributed by atoms with Crippen molar-refractivity contribution in [2.45, 2.75) is 6.18 Å². The van der Waals surface area contributed by atoms with E-state index in [-0.39, 0.29) is 20.6 Å². The van der Waals surface area contributed by atoms with E-state index in [2.05, 4.69) is 21.4 Å². The van der Waals surface area contributed by atoms with Gasteiger partial charge in [-0.15, -0.1) is 0 Å². The van der Waals surface area contributed by atoms with Gasteiger partial charge < -0.3 is 0 Å². The van der Waals surface area contributed by atoms with Crippen LogP contribution in [0.3, 0.4) is 0 Å². The minimum atomic E-state index is -4.74. The molecule has 0 fully saturated rings. The van der Waals surface area contributed by atoms with Crippen molar-refractivity contribution >= 4 is 39.1 Å². The second kappa shape index (κ2) is 7.29. The zero-order chi connectivity index (χ0) is 18.8. The largest absolute Gasteiger partial charge is 0.418 e. The number of halogens is 6. The number of alkyl halides is 3. The molecule has 0 spiro atoms. The minimum Gasteiger partial charge on any atom is -0.298 e. The Morgan fingerprint density at radius 3 is 2.48 bits per heavy atom. The number of carbonyl (C=O) groups is 1. The van der Waals surface area contributed by atoms with Gasteiger partial charge in [0, 0.05) is 5.56 Å². The standard InChI is InChI=1S/C15H7BrClF4N3O/c16-13-10(17)4-8(5-11(13)18)14(25)24-23-12-2-1-7(6-22)3-9(12)15(19,20)21/h1-5,23H,(H,24,25). The topological polar surface area (TPSA) is 64.9 Å². The van der Waals surface area contributed by atoms with Crippen LogP contribution in [0.5, 0.6) is 0 Å². The van der Waals surface area contributed by atoms with E-state index >= 15 is 0 Å². The molecule has 2 aromatic carbocycles. The Bertz CT molecular complexity index is 857. The molecule has 10 heteroatoms. The van der Waals surface area contributed by atoms with E-state index in [0.717, 1.165) is 24.3 Å². The number of carbonyl (C=O) groups excluding carboxylic acids is 1. The lowest BCUT2D eigenvalue weighted by Crippen LogP contribution is -2.30. The molecule has 2 aromatic rings. The van der Waals surface area contributed by atoms with E-state index in [9.17, 15) is 22.4 Å². The Labute approximate surface area is 152 Å². The number of nitrogens with one attached hydrogen (secondary N) is 2. The molecule has 1 amide bonds. The molecule has 2 rings (SSSR count). The van der Waals surface area contributed by atoms with Gasteiger partial charge in [0.05, 0.1) is 32.4 Å². The highest BCUT2D eigenvalue weighted by atomic mass is 79.9. The first-order chi connectivity index (χ1) is 11.6. The Morgan fingerprint density at radius 2 is 1.92 bits per heavy atom. The van der Waals surface area contributed by atoms with Gasteiger partial charge >= 0.3 is 6.18 Å². The van der Waals surface area contributed by atoms with E-state index in [1.54, 1.807) is 6.07 Å². The quantitative estimate of drug-likeness (QED) is 0.409. The second-order valence-corrected chi connectivity index (χ2v) is 5.90. The van der Waals surface area contributed by atoms with E-state index in [1.807, 2.05) is 5.43 Å². The van der Waals surface area contributed by atoms with Crippen LogP contribution in [0.25, 0.3) is 0 Å². The highest BCUT2D eigenvalue weighted by molar-refractivity contribution is 9.10. The summed E-state index contributed by atoms with van der Waals surface area (Å²) >= 11 is 8.61. The summed E-state index contributed by atoms with van der Waals surface area (Å²) in [6.07, 6.45) is -4.74. The maximum absolute atomic E-state index is 13.6. The van der Waals surface area contributed by atoms with Crippen LogP contribution >= 0.6 is 27.5 Å². The van der Waals surface area contributed by atoms with Gasteiger partial charge in [0.1, 0.15) is 5.82 Å². The molecule has 0 saturated carbocycles. The summed E-state index contributed by atoms with van der Waals surface area (Å²) in [5.41, 5.74) is 2.16. The Morgan fingerprint density at radius 1 is 1.24 bits per heavy atom. The van der Waals surface area contributed by atoms with Crippen molar-refractivity contribution in [3.63, 3.8) is 0 Å². The van der Waals surface area contributed by atoms with Gasteiger partial charge in [-0.2, -0.15) is 18.4 Å². The lowest BCUT2D eigenvalue weighted by molar-refractivity contribution is -0.137. The van der Waals surface area contributed by atoms with Crippen LogP contribution in [-0.2, 0) is 6.18 Å². The fraction of sp³-hybridized carbons (Fsp3) is 0.0667. The van der Waals surface area contributed by atoms with Crippen LogP contribution in [0.15, 0.2) is 34.8 Å². The third-order valence-corrected chi connectivity index (χ3v) is 4.34. The molecule has 25 heavy (non-hydrogen) atoms. The molecule has 0 unspecified atom stereocenters. The number of hydrazine groups is 1. The van der Waals surface area contributed by atoms with Crippen molar-refractivity contribution < 1.29 is 22.4 Å². The predicted molar refractivity (Wildman–Crippen MR) is 86.4 cm³/mol. The lowest BCUT2D eigenvalue weighted by Gasteiger charge is -2.15. The summed E-state index contributed by atoms with van der Waals surface area (Å²) in [5, 5.41) is 8.63. The Kier molecular flexibility index (Phi) is 5.55. The van der Waals surface area contributed by atoms with Gasteiger partial charge in [0.25, 0.3) is 5.91 Å². The minimum absolute atomic E-state index is 0.0369. The number of nitriles is 1. The zero-order valence-corrected chi connectivity index (χ0v) is 14.4. The van der Waals surface area contributed by atoms with Gasteiger partial charge in [0.15, 0.2) is 0 Å². The van der Waals surface area contributed by atoms with Crippen LogP contribution in [0.4, 0.5) is 23.2 Å². The summed E-state index contributed by atoms with van der Waals surface area (Å²) in [4.78, 5) is 12.0. The van der Waals surface area contributed by atoms with Gasteiger partial charge in [-0.3, -0.25) is 15.6 Å². The van der Waals surface area contributed by atoms with Crippen molar-refractivity contribution in [2.24, 2.45) is 0 Å². The van der Waals surface area contributed by atoms with Crippen LogP contribution in [0, 0.1) is 17.1 Å². The molecule has 0 aromatic heterocycles. The molecule has 0 atom stereocenters. The summed E-state index contributed by atoms with van der Waals surface area (Å²) < 4.78 is 52.6. The third-order valence-electron chi connectivity index (χ3n) is 3.01. The summed E-state index contributed by atoms with van der Waals surface area (Å²) in [7, 11) is 0. The van der Waals surface area contributed by atoms with E-state index in [1.165, 1.54) is 0 Å². The second-order valence-electron chi connectivity index (χ2n) is 4.70. The molecule has 2 N–H and O–H groups in total. The van der Waals surface area contributed by atoms with Crippen LogP contribution in [-0.4, -0.2) is 5.91 Å². The number of nitrogens with zero attached hydrogens (tertiary/aromatic N) is 1. The molecule has 0 heterocycles. The fourth-order valence-corrected chi connectivity index (χ4v) is 2.28. The average Bonchev–Trinajstić information content (AvgIpc) is 2.56. The van der Waals surface area contributed by atoms with E-state index in [4.69, 9.17) is 16.9 Å². The molecule has 0 aliphatic heterocycles. The van der Waals surface area contributed by atoms with Crippen LogP contribution in [0.2, 0.25) is 5.02 Å². The molecule has 0 saturated heterocycles.